The highest BCUT2D eigenvalue weighted by molar-refractivity contribution is 5.91. The van der Waals surface area contributed by atoms with Gasteiger partial charge in [0.25, 0.3) is 0 Å². The summed E-state index contributed by atoms with van der Waals surface area (Å²) in [6.07, 6.45) is 5.79. The third kappa shape index (κ3) is 4.92. The smallest absolute Gasteiger partial charge is 0.225 e. The van der Waals surface area contributed by atoms with Crippen molar-refractivity contribution in [2.24, 2.45) is 0 Å². The first-order chi connectivity index (χ1) is 10.2. The van der Waals surface area contributed by atoms with Gasteiger partial charge in [0, 0.05) is 30.5 Å². The Labute approximate surface area is 146 Å². The fourth-order valence-electron chi connectivity index (χ4n) is 2.55. The molecule has 1 unspecified atom stereocenters. The van der Waals surface area contributed by atoms with E-state index in [0.717, 1.165) is 19.4 Å². The van der Waals surface area contributed by atoms with Crippen LogP contribution < -0.4 is 10.6 Å². The Hall–Kier alpha value is -1.63. The number of rotatable bonds is 4. The topological polar surface area (TPSA) is 59.0 Å². The van der Waals surface area contributed by atoms with E-state index in [0.29, 0.717) is 17.8 Å². The molecule has 1 aromatic heterocycles. The van der Waals surface area contributed by atoms with Crippen LogP contribution in [0.3, 0.4) is 0 Å². The molecular weight excluding hydrogens is 342 g/mol. The van der Waals surface area contributed by atoms with Gasteiger partial charge in [0.1, 0.15) is 5.69 Å². The maximum absolute atomic E-state index is 14.0. The molecule has 2 heterocycles. The number of carbonyl (C=O) groups is 1. The third-order valence-corrected chi connectivity index (χ3v) is 3.58. The Bertz CT molecular complexity index is 630. The van der Waals surface area contributed by atoms with Gasteiger partial charge in [0.05, 0.1) is 0 Å². The average molecular weight is 361 g/mol. The number of nitrogens with zero attached hydrogens (tertiary/aromatic N) is 2. The lowest BCUT2D eigenvalue weighted by atomic mass is 10.1. The van der Waals surface area contributed by atoms with Gasteiger partial charge in [-0.05, 0) is 43.7 Å². The van der Waals surface area contributed by atoms with Gasteiger partial charge in [-0.3, -0.25) is 4.79 Å². The van der Waals surface area contributed by atoms with Gasteiger partial charge in [-0.15, -0.1) is 24.8 Å². The first-order valence-corrected chi connectivity index (χ1v) is 7.05. The molecule has 23 heavy (non-hydrogen) atoms. The van der Waals surface area contributed by atoms with Crippen LogP contribution >= 0.6 is 24.8 Å². The molecule has 0 radical (unpaired) electrons. The summed E-state index contributed by atoms with van der Waals surface area (Å²) in [5.41, 5.74) is 0.821. The fraction of sp³-hybridized carbons (Fsp3) is 0.333. The Balaban J connectivity index is 0.00000132. The number of hydrogen-bond acceptors (Lipinski definition) is 3. The number of aromatic nitrogens is 2. The molecule has 2 N–H and O–H groups in total. The van der Waals surface area contributed by atoms with Crippen molar-refractivity contribution in [1.29, 1.82) is 0 Å². The molecule has 5 nitrogen and oxygen atoms in total. The van der Waals surface area contributed by atoms with Gasteiger partial charge < -0.3 is 10.6 Å². The van der Waals surface area contributed by atoms with E-state index in [1.807, 2.05) is 0 Å². The standard InChI is InChI=1S/C15H17FN4O.2ClH/c16-13-9-12(4-5-14(13)20-8-2-7-18-20)19-15(21)10-11-3-1-6-17-11;;/h2,4-5,7-9,11,17H,1,3,6,10H2,(H,19,21);2*1H. The second-order valence-corrected chi connectivity index (χ2v) is 5.16. The maximum atomic E-state index is 14.0. The highest BCUT2D eigenvalue weighted by Gasteiger charge is 2.18. The van der Waals surface area contributed by atoms with Gasteiger partial charge in [0.15, 0.2) is 5.82 Å². The molecule has 3 rings (SSSR count). The largest absolute Gasteiger partial charge is 0.326 e. The van der Waals surface area contributed by atoms with Gasteiger partial charge in [-0.2, -0.15) is 5.10 Å². The van der Waals surface area contributed by atoms with Crippen molar-refractivity contribution in [1.82, 2.24) is 15.1 Å². The molecular formula is C15H19Cl2FN4O. The zero-order valence-electron chi connectivity index (χ0n) is 12.4. The summed E-state index contributed by atoms with van der Waals surface area (Å²) in [5, 5.41) is 9.99. The van der Waals surface area contributed by atoms with Gasteiger partial charge in [-0.25, -0.2) is 9.07 Å². The van der Waals surface area contributed by atoms with Gasteiger partial charge >= 0.3 is 0 Å². The van der Waals surface area contributed by atoms with Crippen LogP contribution in [0.25, 0.3) is 5.69 Å². The van der Waals surface area contributed by atoms with Crippen LogP contribution in [0.5, 0.6) is 0 Å². The minimum Gasteiger partial charge on any atom is -0.326 e. The zero-order valence-corrected chi connectivity index (χ0v) is 14.0. The lowest BCUT2D eigenvalue weighted by molar-refractivity contribution is -0.116. The molecule has 1 aliphatic rings. The number of anilines is 1. The molecule has 0 saturated carbocycles. The lowest BCUT2D eigenvalue weighted by Gasteiger charge is -2.11. The van der Waals surface area contributed by atoms with Crippen LogP contribution in [0.2, 0.25) is 0 Å². The van der Waals surface area contributed by atoms with Crippen molar-refractivity contribution in [2.45, 2.75) is 25.3 Å². The first-order valence-electron chi connectivity index (χ1n) is 7.05. The van der Waals surface area contributed by atoms with Gasteiger partial charge in [-0.1, -0.05) is 0 Å². The summed E-state index contributed by atoms with van der Waals surface area (Å²) >= 11 is 0. The average Bonchev–Trinajstić information content (AvgIpc) is 3.11. The summed E-state index contributed by atoms with van der Waals surface area (Å²) in [6, 6.07) is 6.56. The Morgan fingerprint density at radius 1 is 1.43 bits per heavy atom. The molecule has 0 bridgehead atoms. The second kappa shape index (κ2) is 8.86. The van der Waals surface area contributed by atoms with E-state index in [4.69, 9.17) is 0 Å². The molecule has 1 aromatic carbocycles. The van der Waals surface area contributed by atoms with Crippen molar-refractivity contribution in [3.05, 3.63) is 42.5 Å². The lowest BCUT2D eigenvalue weighted by Crippen LogP contribution is -2.27. The minimum atomic E-state index is -0.421. The van der Waals surface area contributed by atoms with Crippen molar-refractivity contribution >= 4 is 36.4 Å². The van der Waals surface area contributed by atoms with E-state index >= 15 is 0 Å². The number of hydrogen-bond donors (Lipinski definition) is 2. The molecule has 1 fully saturated rings. The third-order valence-electron chi connectivity index (χ3n) is 3.58. The van der Waals surface area contributed by atoms with Gasteiger partial charge in [0.2, 0.25) is 5.91 Å². The zero-order chi connectivity index (χ0) is 14.7. The Morgan fingerprint density at radius 2 is 2.26 bits per heavy atom. The molecule has 1 saturated heterocycles. The molecule has 0 spiro atoms. The highest BCUT2D eigenvalue weighted by Crippen LogP contribution is 2.18. The van der Waals surface area contributed by atoms with Crippen molar-refractivity contribution in [3.8, 4) is 5.69 Å². The van der Waals surface area contributed by atoms with Crippen molar-refractivity contribution in [2.75, 3.05) is 11.9 Å². The number of carbonyl (C=O) groups excluding carboxylic acids is 1. The summed E-state index contributed by atoms with van der Waals surface area (Å²) < 4.78 is 15.5. The van der Waals surface area contributed by atoms with Crippen molar-refractivity contribution < 1.29 is 9.18 Å². The monoisotopic (exact) mass is 360 g/mol. The maximum Gasteiger partial charge on any atom is 0.225 e. The first kappa shape index (κ1) is 19.4. The van der Waals surface area contributed by atoms with Crippen LogP contribution in [0.1, 0.15) is 19.3 Å². The highest BCUT2D eigenvalue weighted by atomic mass is 35.5. The number of amides is 1. The van der Waals surface area contributed by atoms with Crippen LogP contribution in [0.4, 0.5) is 10.1 Å². The van der Waals surface area contributed by atoms with E-state index in [2.05, 4.69) is 15.7 Å². The summed E-state index contributed by atoms with van der Waals surface area (Å²) in [5.74, 6) is -0.517. The van der Waals surface area contributed by atoms with E-state index in [1.165, 1.54) is 10.7 Å². The van der Waals surface area contributed by atoms with Crippen molar-refractivity contribution in [3.63, 3.8) is 0 Å². The number of benzene rings is 1. The summed E-state index contributed by atoms with van der Waals surface area (Å²) in [7, 11) is 0. The van der Waals surface area contributed by atoms with Crippen LogP contribution in [-0.2, 0) is 4.79 Å². The van der Waals surface area contributed by atoms with E-state index in [1.54, 1.807) is 30.6 Å². The molecule has 2 aromatic rings. The minimum absolute atomic E-state index is 0. The van der Waals surface area contributed by atoms with Crippen LogP contribution in [0.15, 0.2) is 36.7 Å². The molecule has 1 atom stereocenters. The number of halogens is 3. The van der Waals surface area contributed by atoms with E-state index in [9.17, 15) is 9.18 Å². The Morgan fingerprint density at radius 3 is 2.87 bits per heavy atom. The SMILES string of the molecule is Cl.Cl.O=C(CC1CCCN1)Nc1ccc(-n2cccn2)c(F)c1. The van der Waals surface area contributed by atoms with Crippen LogP contribution in [0, 0.1) is 5.82 Å². The Kier molecular flexibility index (Phi) is 7.48. The predicted molar refractivity (Wildman–Crippen MR) is 92.3 cm³/mol. The molecule has 8 heteroatoms. The quantitative estimate of drug-likeness (QED) is 0.881. The normalized spacial score (nSPS) is 16.3. The summed E-state index contributed by atoms with van der Waals surface area (Å²) in [6.45, 7) is 0.963. The molecule has 1 aliphatic heterocycles. The molecule has 126 valence electrons. The summed E-state index contributed by atoms with van der Waals surface area (Å²) in [4.78, 5) is 11.9. The predicted octanol–water partition coefficient (Wildman–Crippen LogP) is 2.94. The molecule has 1 amide bonds. The second-order valence-electron chi connectivity index (χ2n) is 5.16. The number of nitrogens with one attached hydrogen (secondary N) is 2. The van der Waals surface area contributed by atoms with E-state index < -0.39 is 5.82 Å². The van der Waals surface area contributed by atoms with E-state index in [-0.39, 0.29) is 36.8 Å². The molecule has 0 aliphatic carbocycles. The van der Waals surface area contributed by atoms with Crippen LogP contribution in [-0.4, -0.2) is 28.3 Å². The fourth-order valence-corrected chi connectivity index (χ4v) is 2.55.